The Morgan fingerprint density at radius 2 is 1.44 bits per heavy atom. The van der Waals surface area contributed by atoms with E-state index in [1.54, 1.807) is 13.8 Å². The summed E-state index contributed by atoms with van der Waals surface area (Å²) in [6.07, 6.45) is 12.9. The Labute approximate surface area is 153 Å². The normalized spacial score (nSPS) is 16.3. The van der Waals surface area contributed by atoms with E-state index in [1.807, 2.05) is 0 Å². The summed E-state index contributed by atoms with van der Waals surface area (Å²) in [6.45, 7) is 12.0. The zero-order valence-corrected chi connectivity index (χ0v) is 16.7. The Balaban J connectivity index is 2.53. The van der Waals surface area contributed by atoms with Crippen molar-refractivity contribution in [3.05, 3.63) is 57.7 Å². The molecule has 0 aromatic rings. The summed E-state index contributed by atoms with van der Waals surface area (Å²) in [5.41, 5.74) is 5.85. The molecule has 0 bridgehead atoms. The third-order valence-electron chi connectivity index (χ3n) is 4.57. The molecule has 1 rings (SSSR count). The van der Waals surface area contributed by atoms with E-state index in [4.69, 9.17) is 0 Å². The van der Waals surface area contributed by atoms with Crippen molar-refractivity contribution in [2.24, 2.45) is 0 Å². The maximum absolute atomic E-state index is 12.1. The molecule has 0 saturated carbocycles. The fraction of sp³-hybridized carbons (Fsp3) is 0.478. The van der Waals surface area contributed by atoms with Crippen LogP contribution in [-0.2, 0) is 9.59 Å². The lowest BCUT2D eigenvalue weighted by Gasteiger charge is -2.13. The highest BCUT2D eigenvalue weighted by atomic mass is 16.1. The van der Waals surface area contributed by atoms with Gasteiger partial charge in [0.25, 0.3) is 0 Å². The van der Waals surface area contributed by atoms with Gasteiger partial charge in [0.2, 0.25) is 0 Å². The predicted molar refractivity (Wildman–Crippen MR) is 107 cm³/mol. The predicted octanol–water partition coefficient (Wildman–Crippen LogP) is 6.21. The molecule has 0 N–H and O–H groups in total. The third-order valence-corrected chi connectivity index (χ3v) is 4.57. The summed E-state index contributed by atoms with van der Waals surface area (Å²) in [5.74, 6) is -0.0239. The summed E-state index contributed by atoms with van der Waals surface area (Å²) in [6, 6.07) is 0. The first kappa shape index (κ1) is 21.1. The second kappa shape index (κ2) is 10.1. The number of rotatable bonds is 8. The number of carbonyl (C=O) groups excluding carboxylic acids is 2. The molecule has 0 aromatic carbocycles. The van der Waals surface area contributed by atoms with E-state index >= 15 is 0 Å². The van der Waals surface area contributed by atoms with Crippen molar-refractivity contribution in [2.45, 2.75) is 73.6 Å². The minimum atomic E-state index is -0.0198. The van der Waals surface area contributed by atoms with E-state index in [0.717, 1.165) is 25.7 Å². The number of hydrogen-bond donors (Lipinski definition) is 0. The molecule has 0 unspecified atom stereocenters. The van der Waals surface area contributed by atoms with Crippen LogP contribution in [0, 0.1) is 0 Å². The van der Waals surface area contributed by atoms with Crippen molar-refractivity contribution < 1.29 is 9.59 Å². The number of hydrogen-bond acceptors (Lipinski definition) is 2. The van der Waals surface area contributed by atoms with Gasteiger partial charge in [-0.3, -0.25) is 9.59 Å². The highest BCUT2D eigenvalue weighted by Crippen LogP contribution is 2.22. The summed E-state index contributed by atoms with van der Waals surface area (Å²) in [4.78, 5) is 24.1. The lowest BCUT2D eigenvalue weighted by atomic mass is 9.89. The molecule has 0 aliphatic heterocycles. The summed E-state index contributed by atoms with van der Waals surface area (Å²) < 4.78 is 0. The van der Waals surface area contributed by atoms with Crippen molar-refractivity contribution in [3.63, 3.8) is 0 Å². The Morgan fingerprint density at radius 3 is 2.04 bits per heavy atom. The molecular formula is C23H32O2. The molecule has 0 fully saturated rings. The Kier molecular flexibility index (Phi) is 8.54. The molecule has 0 atom stereocenters. The highest BCUT2D eigenvalue weighted by Gasteiger charge is 2.22. The van der Waals surface area contributed by atoms with Crippen LogP contribution in [0.1, 0.15) is 73.6 Å². The van der Waals surface area contributed by atoms with Gasteiger partial charge in [-0.15, -0.1) is 0 Å². The molecule has 1 aliphatic rings. The third kappa shape index (κ3) is 7.21. The van der Waals surface area contributed by atoms with Crippen molar-refractivity contribution in [1.29, 1.82) is 0 Å². The first-order chi connectivity index (χ1) is 11.7. The number of carbonyl (C=O) groups is 2. The van der Waals surface area contributed by atoms with Gasteiger partial charge < -0.3 is 0 Å². The highest BCUT2D eigenvalue weighted by molar-refractivity contribution is 6.22. The molecule has 0 spiro atoms. The Morgan fingerprint density at radius 1 is 0.880 bits per heavy atom. The molecule has 136 valence electrons. The summed E-state index contributed by atoms with van der Waals surface area (Å²) in [7, 11) is 0. The average molecular weight is 341 g/mol. The Bertz CT molecular complexity index is 675. The summed E-state index contributed by atoms with van der Waals surface area (Å²) in [5, 5.41) is 0. The van der Waals surface area contributed by atoms with Crippen LogP contribution in [0.5, 0.6) is 0 Å². The van der Waals surface area contributed by atoms with Crippen LogP contribution < -0.4 is 0 Å². The van der Waals surface area contributed by atoms with E-state index in [9.17, 15) is 9.59 Å². The van der Waals surface area contributed by atoms with Gasteiger partial charge in [0, 0.05) is 16.7 Å². The van der Waals surface area contributed by atoms with Crippen molar-refractivity contribution in [3.8, 4) is 0 Å². The van der Waals surface area contributed by atoms with E-state index in [0.29, 0.717) is 23.1 Å². The molecule has 2 nitrogen and oxygen atoms in total. The number of allylic oxidation sites excluding steroid dienone is 10. The molecule has 0 amide bonds. The smallest absolute Gasteiger partial charge is 0.184 e. The minimum Gasteiger partial charge on any atom is -0.290 e. The van der Waals surface area contributed by atoms with Gasteiger partial charge in [-0.1, -0.05) is 34.9 Å². The largest absolute Gasteiger partial charge is 0.290 e. The van der Waals surface area contributed by atoms with Crippen LogP contribution in [0.25, 0.3) is 0 Å². The van der Waals surface area contributed by atoms with Crippen LogP contribution in [-0.4, -0.2) is 11.6 Å². The molecular weight excluding hydrogens is 308 g/mol. The quantitative estimate of drug-likeness (QED) is 0.389. The van der Waals surface area contributed by atoms with E-state index in [-0.39, 0.29) is 11.6 Å². The minimum absolute atomic E-state index is 0.00410. The van der Waals surface area contributed by atoms with Crippen molar-refractivity contribution in [2.75, 3.05) is 0 Å². The second-order valence-electron chi connectivity index (χ2n) is 7.29. The van der Waals surface area contributed by atoms with Gasteiger partial charge in [0.15, 0.2) is 11.6 Å². The zero-order chi connectivity index (χ0) is 19.0. The lowest BCUT2D eigenvalue weighted by Crippen LogP contribution is -2.16. The maximum atomic E-state index is 12.1. The molecule has 25 heavy (non-hydrogen) atoms. The fourth-order valence-corrected chi connectivity index (χ4v) is 2.84. The standard InChI is InChI=1S/C23H32O2/c1-16(2)9-7-10-17(3)11-8-12-18(4)13-14-21-20(6)23(25)19(5)15-22(21)24/h9,11,13,15H,7-8,10,12,14H2,1-6H3. The molecule has 2 heteroatoms. The molecule has 0 radical (unpaired) electrons. The topological polar surface area (TPSA) is 34.1 Å². The second-order valence-corrected chi connectivity index (χ2v) is 7.29. The maximum Gasteiger partial charge on any atom is 0.184 e. The van der Waals surface area contributed by atoms with Crippen LogP contribution in [0.2, 0.25) is 0 Å². The van der Waals surface area contributed by atoms with Gasteiger partial charge >= 0.3 is 0 Å². The van der Waals surface area contributed by atoms with Gasteiger partial charge in [-0.05, 0) is 79.7 Å². The SMILES string of the molecule is CC(C)=CCCC(C)=CCCC(C)=CCC1=C(C)C(=O)C(C)=CC1=O. The first-order valence-corrected chi connectivity index (χ1v) is 9.14. The lowest BCUT2D eigenvalue weighted by molar-refractivity contribution is -0.115. The van der Waals surface area contributed by atoms with Gasteiger partial charge in [0.05, 0.1) is 0 Å². The zero-order valence-electron chi connectivity index (χ0n) is 16.7. The Hall–Kier alpha value is -1.96. The van der Waals surface area contributed by atoms with E-state index < -0.39 is 0 Å². The van der Waals surface area contributed by atoms with E-state index in [2.05, 4.69) is 45.9 Å². The molecule has 1 aliphatic carbocycles. The van der Waals surface area contributed by atoms with Crippen LogP contribution >= 0.6 is 0 Å². The van der Waals surface area contributed by atoms with Crippen molar-refractivity contribution >= 4 is 11.6 Å². The van der Waals surface area contributed by atoms with Crippen LogP contribution in [0.15, 0.2) is 57.7 Å². The molecule has 0 aromatic heterocycles. The van der Waals surface area contributed by atoms with Gasteiger partial charge in [-0.2, -0.15) is 0 Å². The first-order valence-electron chi connectivity index (χ1n) is 9.14. The molecule has 0 saturated heterocycles. The van der Waals surface area contributed by atoms with Gasteiger partial charge in [-0.25, -0.2) is 0 Å². The van der Waals surface area contributed by atoms with Crippen LogP contribution in [0.3, 0.4) is 0 Å². The number of ketones is 2. The molecule has 0 heterocycles. The summed E-state index contributed by atoms with van der Waals surface area (Å²) >= 11 is 0. The van der Waals surface area contributed by atoms with Crippen molar-refractivity contribution in [1.82, 2.24) is 0 Å². The number of Topliss-reactive ketones (excluding diaryl/α,β-unsaturated/α-hetero) is 1. The fourth-order valence-electron chi connectivity index (χ4n) is 2.84. The monoisotopic (exact) mass is 340 g/mol. The van der Waals surface area contributed by atoms with E-state index in [1.165, 1.54) is 22.8 Å². The average Bonchev–Trinajstić information content (AvgIpc) is 2.52. The van der Waals surface area contributed by atoms with Crippen LogP contribution in [0.4, 0.5) is 0 Å². The van der Waals surface area contributed by atoms with Gasteiger partial charge in [0.1, 0.15) is 0 Å².